The lowest BCUT2D eigenvalue weighted by Gasteiger charge is -2.40. The van der Waals surface area contributed by atoms with Crippen molar-refractivity contribution in [2.45, 2.75) is 33.4 Å². The van der Waals surface area contributed by atoms with Crippen LogP contribution >= 0.6 is 0 Å². The Labute approximate surface area is 199 Å². The fourth-order valence-corrected chi connectivity index (χ4v) is 4.82. The standard InChI is InChI=1S/C27H32FN3O3/c1-4-31-19(3)18-24(32)25(27(31)33)26(20-10-12-21(13-11-20)34-5-2)30-16-14-29(15-17-30)23-9-7-6-8-22(23)28/h6-13,18,26,32H,4-5,14-17H2,1-3H3/t26-/m1/s1. The van der Waals surface area contributed by atoms with E-state index in [1.54, 1.807) is 22.8 Å². The highest BCUT2D eigenvalue weighted by Crippen LogP contribution is 2.34. The Morgan fingerprint density at radius 2 is 1.71 bits per heavy atom. The van der Waals surface area contributed by atoms with Crippen LogP contribution in [-0.4, -0.2) is 47.4 Å². The molecule has 3 aromatic rings. The highest BCUT2D eigenvalue weighted by molar-refractivity contribution is 5.48. The Balaban J connectivity index is 1.71. The lowest BCUT2D eigenvalue weighted by Crippen LogP contribution is -2.49. The Hall–Kier alpha value is -3.32. The van der Waals surface area contributed by atoms with Gasteiger partial charge in [-0.25, -0.2) is 4.39 Å². The fraction of sp³-hybridized carbons (Fsp3) is 0.370. The van der Waals surface area contributed by atoms with Gasteiger partial charge in [0.25, 0.3) is 5.56 Å². The number of anilines is 1. The molecule has 1 atom stereocenters. The first-order valence-electron chi connectivity index (χ1n) is 11.8. The smallest absolute Gasteiger partial charge is 0.259 e. The van der Waals surface area contributed by atoms with Crippen molar-refractivity contribution in [3.05, 3.63) is 87.6 Å². The van der Waals surface area contributed by atoms with Crippen LogP contribution in [0.4, 0.5) is 10.1 Å². The van der Waals surface area contributed by atoms with Gasteiger partial charge in [-0.3, -0.25) is 9.69 Å². The number of aromatic hydroxyl groups is 1. The van der Waals surface area contributed by atoms with Crippen LogP contribution in [0.25, 0.3) is 0 Å². The van der Waals surface area contributed by atoms with Gasteiger partial charge < -0.3 is 19.3 Å². The van der Waals surface area contributed by atoms with Gasteiger partial charge in [0.15, 0.2) is 0 Å². The molecule has 1 saturated heterocycles. The highest BCUT2D eigenvalue weighted by Gasteiger charge is 2.32. The number of para-hydroxylation sites is 1. The Morgan fingerprint density at radius 3 is 2.32 bits per heavy atom. The molecule has 0 saturated carbocycles. The minimum atomic E-state index is -0.427. The van der Waals surface area contributed by atoms with Crippen molar-refractivity contribution in [3.8, 4) is 11.5 Å². The molecule has 0 unspecified atom stereocenters. The molecular weight excluding hydrogens is 433 g/mol. The van der Waals surface area contributed by atoms with E-state index >= 15 is 0 Å². The number of hydrogen-bond acceptors (Lipinski definition) is 5. The van der Waals surface area contributed by atoms with Gasteiger partial charge in [0.2, 0.25) is 0 Å². The molecule has 34 heavy (non-hydrogen) atoms. The Morgan fingerprint density at radius 1 is 1.03 bits per heavy atom. The molecule has 1 aliphatic heterocycles. The van der Waals surface area contributed by atoms with E-state index in [0.29, 0.717) is 50.6 Å². The van der Waals surface area contributed by atoms with Crippen LogP contribution in [-0.2, 0) is 6.54 Å². The number of halogens is 1. The molecule has 0 bridgehead atoms. The third-order valence-corrected chi connectivity index (χ3v) is 6.49. The number of piperazine rings is 1. The summed E-state index contributed by atoms with van der Waals surface area (Å²) in [5.41, 5.74) is 2.41. The Bertz CT molecular complexity index is 1180. The van der Waals surface area contributed by atoms with Crippen molar-refractivity contribution >= 4 is 5.69 Å². The number of pyridine rings is 1. The van der Waals surface area contributed by atoms with Gasteiger partial charge in [0.1, 0.15) is 17.3 Å². The van der Waals surface area contributed by atoms with Crippen LogP contribution < -0.4 is 15.2 Å². The minimum absolute atomic E-state index is 0.00242. The molecule has 0 aliphatic carbocycles. The molecule has 1 aromatic heterocycles. The summed E-state index contributed by atoms with van der Waals surface area (Å²) in [4.78, 5) is 17.7. The van der Waals surface area contributed by atoms with Crippen molar-refractivity contribution in [2.24, 2.45) is 0 Å². The molecule has 4 rings (SSSR count). The number of hydrogen-bond donors (Lipinski definition) is 1. The molecule has 6 nitrogen and oxygen atoms in total. The second kappa shape index (κ2) is 10.3. The number of benzene rings is 2. The van der Waals surface area contributed by atoms with Crippen LogP contribution in [0.15, 0.2) is 59.4 Å². The van der Waals surface area contributed by atoms with E-state index < -0.39 is 6.04 Å². The predicted molar refractivity (Wildman–Crippen MR) is 132 cm³/mol. The molecule has 2 heterocycles. The van der Waals surface area contributed by atoms with E-state index in [4.69, 9.17) is 4.74 Å². The van der Waals surface area contributed by atoms with Gasteiger partial charge in [-0.2, -0.15) is 0 Å². The normalized spacial score (nSPS) is 15.4. The SMILES string of the molecule is CCOc1ccc([C@H](c2c(O)cc(C)n(CC)c2=O)N2CCN(c3ccccc3F)CC2)cc1. The van der Waals surface area contributed by atoms with Crippen molar-refractivity contribution in [2.75, 3.05) is 37.7 Å². The fourth-order valence-electron chi connectivity index (χ4n) is 4.82. The first kappa shape index (κ1) is 23.8. The van der Waals surface area contributed by atoms with Gasteiger partial charge in [0, 0.05) is 38.4 Å². The van der Waals surface area contributed by atoms with E-state index in [1.165, 1.54) is 6.07 Å². The molecule has 1 N–H and O–H groups in total. The molecule has 0 radical (unpaired) electrons. The second-order valence-corrected chi connectivity index (χ2v) is 8.51. The summed E-state index contributed by atoms with van der Waals surface area (Å²) in [6.07, 6.45) is 0. The van der Waals surface area contributed by atoms with E-state index in [9.17, 15) is 14.3 Å². The summed E-state index contributed by atoms with van der Waals surface area (Å²) in [6, 6.07) is 15.7. The van der Waals surface area contributed by atoms with Crippen molar-refractivity contribution in [3.63, 3.8) is 0 Å². The number of aryl methyl sites for hydroxylation is 1. The third kappa shape index (κ3) is 4.66. The monoisotopic (exact) mass is 465 g/mol. The largest absolute Gasteiger partial charge is 0.507 e. The first-order valence-corrected chi connectivity index (χ1v) is 11.8. The molecule has 1 aliphatic rings. The lowest BCUT2D eigenvalue weighted by atomic mass is 9.95. The van der Waals surface area contributed by atoms with Gasteiger partial charge in [-0.15, -0.1) is 0 Å². The van der Waals surface area contributed by atoms with Crippen molar-refractivity contribution < 1.29 is 14.2 Å². The quantitative estimate of drug-likeness (QED) is 0.563. The summed E-state index contributed by atoms with van der Waals surface area (Å²) >= 11 is 0. The number of nitrogens with zero attached hydrogens (tertiary/aromatic N) is 3. The summed E-state index contributed by atoms with van der Waals surface area (Å²) < 4.78 is 21.6. The number of aromatic nitrogens is 1. The summed E-state index contributed by atoms with van der Waals surface area (Å²) in [5, 5.41) is 10.9. The molecular formula is C27H32FN3O3. The van der Waals surface area contributed by atoms with Crippen LogP contribution in [0, 0.1) is 12.7 Å². The van der Waals surface area contributed by atoms with Crippen LogP contribution in [0.1, 0.15) is 36.7 Å². The molecule has 0 amide bonds. The van der Waals surface area contributed by atoms with Gasteiger partial charge >= 0.3 is 0 Å². The van der Waals surface area contributed by atoms with E-state index in [2.05, 4.69) is 4.90 Å². The van der Waals surface area contributed by atoms with Gasteiger partial charge in [-0.1, -0.05) is 24.3 Å². The zero-order valence-corrected chi connectivity index (χ0v) is 20.0. The van der Waals surface area contributed by atoms with Crippen molar-refractivity contribution in [1.29, 1.82) is 0 Å². The van der Waals surface area contributed by atoms with Crippen LogP contribution in [0.3, 0.4) is 0 Å². The topological polar surface area (TPSA) is 57.9 Å². The maximum atomic E-state index is 14.3. The maximum Gasteiger partial charge on any atom is 0.259 e. The molecule has 1 fully saturated rings. The molecule has 7 heteroatoms. The first-order chi connectivity index (χ1) is 16.4. The van der Waals surface area contributed by atoms with Gasteiger partial charge in [-0.05, 0) is 56.7 Å². The van der Waals surface area contributed by atoms with Crippen LogP contribution in [0.2, 0.25) is 0 Å². The summed E-state index contributed by atoms with van der Waals surface area (Å²) in [5.74, 6) is 0.525. The number of ether oxygens (including phenoxy) is 1. The third-order valence-electron chi connectivity index (χ3n) is 6.49. The van der Waals surface area contributed by atoms with Crippen molar-refractivity contribution in [1.82, 2.24) is 9.47 Å². The predicted octanol–water partition coefficient (Wildman–Crippen LogP) is 4.33. The summed E-state index contributed by atoms with van der Waals surface area (Å²) in [7, 11) is 0. The lowest BCUT2D eigenvalue weighted by molar-refractivity contribution is 0.207. The zero-order chi connectivity index (χ0) is 24.2. The van der Waals surface area contributed by atoms with E-state index in [-0.39, 0.29) is 17.1 Å². The number of rotatable bonds is 7. The van der Waals surface area contributed by atoms with E-state index in [0.717, 1.165) is 17.0 Å². The van der Waals surface area contributed by atoms with E-state index in [1.807, 2.05) is 56.0 Å². The minimum Gasteiger partial charge on any atom is -0.507 e. The average molecular weight is 466 g/mol. The maximum absolute atomic E-state index is 14.3. The molecule has 0 spiro atoms. The Kier molecular flexibility index (Phi) is 7.22. The van der Waals surface area contributed by atoms with Gasteiger partial charge in [0.05, 0.1) is 23.9 Å². The molecule has 180 valence electrons. The van der Waals surface area contributed by atoms with Crippen LogP contribution in [0.5, 0.6) is 11.5 Å². The zero-order valence-electron chi connectivity index (χ0n) is 20.0. The molecule has 2 aromatic carbocycles. The average Bonchev–Trinajstić information content (AvgIpc) is 2.83. The highest BCUT2D eigenvalue weighted by atomic mass is 19.1. The second-order valence-electron chi connectivity index (χ2n) is 8.51. The summed E-state index contributed by atoms with van der Waals surface area (Å²) in [6.45, 7) is 9.24.